The molecule has 22 heavy (non-hydrogen) atoms. The standard InChI is InChI=1S/C15H19N3O3S/c1-15(2,22)12(17)13(19)18-11(14(20)21-9-8-16)10-6-4-3-5-7-10/h3-7,11-12,22H,9,17H2,1-2H3,(H,18,19)/t11-,12+/m0/s1. The Kier molecular flexibility index (Phi) is 6.40. The Labute approximate surface area is 135 Å². The van der Waals surface area contributed by atoms with Gasteiger partial charge >= 0.3 is 5.97 Å². The number of nitrogens with two attached hydrogens (primary N) is 1. The zero-order valence-electron chi connectivity index (χ0n) is 12.4. The Balaban J connectivity index is 2.95. The van der Waals surface area contributed by atoms with Gasteiger partial charge in [-0.3, -0.25) is 4.79 Å². The lowest BCUT2D eigenvalue weighted by molar-refractivity contribution is -0.147. The largest absolute Gasteiger partial charge is 0.448 e. The van der Waals surface area contributed by atoms with Gasteiger partial charge in [-0.1, -0.05) is 30.3 Å². The summed E-state index contributed by atoms with van der Waals surface area (Å²) in [6, 6.07) is 8.37. The molecule has 1 aromatic rings. The van der Waals surface area contributed by atoms with E-state index in [9.17, 15) is 9.59 Å². The highest BCUT2D eigenvalue weighted by atomic mass is 32.1. The number of esters is 1. The molecule has 3 N–H and O–H groups in total. The predicted octanol–water partition coefficient (Wildman–Crippen LogP) is 0.946. The highest BCUT2D eigenvalue weighted by molar-refractivity contribution is 7.81. The molecule has 0 radical (unpaired) electrons. The Bertz CT molecular complexity index is 564. The molecule has 0 bridgehead atoms. The number of thiol groups is 1. The summed E-state index contributed by atoms with van der Waals surface area (Å²) in [7, 11) is 0. The molecule has 0 saturated heterocycles. The van der Waals surface area contributed by atoms with E-state index < -0.39 is 28.7 Å². The van der Waals surface area contributed by atoms with Crippen molar-refractivity contribution in [3.8, 4) is 6.07 Å². The van der Waals surface area contributed by atoms with Crippen LogP contribution in [0.15, 0.2) is 30.3 Å². The van der Waals surface area contributed by atoms with Crippen LogP contribution >= 0.6 is 12.6 Å². The fourth-order valence-electron chi connectivity index (χ4n) is 1.66. The van der Waals surface area contributed by atoms with E-state index in [0.717, 1.165) is 0 Å². The number of nitriles is 1. The molecule has 7 heteroatoms. The Hall–Kier alpha value is -2.04. The van der Waals surface area contributed by atoms with Crippen molar-refractivity contribution in [2.45, 2.75) is 30.7 Å². The van der Waals surface area contributed by atoms with Crippen LogP contribution in [-0.4, -0.2) is 29.3 Å². The third kappa shape index (κ3) is 5.06. The summed E-state index contributed by atoms with van der Waals surface area (Å²) in [4.78, 5) is 24.3. The van der Waals surface area contributed by atoms with Crippen LogP contribution in [0.4, 0.5) is 0 Å². The third-order valence-electron chi connectivity index (χ3n) is 2.98. The molecule has 6 nitrogen and oxygen atoms in total. The van der Waals surface area contributed by atoms with E-state index in [1.807, 2.05) is 0 Å². The van der Waals surface area contributed by atoms with Crippen LogP contribution in [0.25, 0.3) is 0 Å². The maximum atomic E-state index is 12.2. The van der Waals surface area contributed by atoms with Crippen molar-refractivity contribution in [2.75, 3.05) is 6.61 Å². The lowest BCUT2D eigenvalue weighted by Gasteiger charge is -2.27. The van der Waals surface area contributed by atoms with E-state index >= 15 is 0 Å². The average molecular weight is 321 g/mol. The fraction of sp³-hybridized carbons (Fsp3) is 0.400. The van der Waals surface area contributed by atoms with Gasteiger partial charge in [-0.05, 0) is 19.4 Å². The van der Waals surface area contributed by atoms with E-state index in [0.29, 0.717) is 5.56 Å². The summed E-state index contributed by atoms with van der Waals surface area (Å²) in [5.41, 5.74) is 6.37. The van der Waals surface area contributed by atoms with Gasteiger partial charge in [-0.15, -0.1) is 0 Å². The highest BCUT2D eigenvalue weighted by Gasteiger charge is 2.32. The summed E-state index contributed by atoms with van der Waals surface area (Å²) in [6.45, 7) is 3.01. The molecular formula is C15H19N3O3S. The number of hydrogen-bond donors (Lipinski definition) is 3. The van der Waals surface area contributed by atoms with Gasteiger partial charge in [-0.2, -0.15) is 17.9 Å². The molecule has 0 aliphatic rings. The first-order valence-electron chi connectivity index (χ1n) is 6.64. The average Bonchev–Trinajstić information content (AvgIpc) is 2.49. The topological polar surface area (TPSA) is 105 Å². The first-order chi connectivity index (χ1) is 10.3. The number of carbonyl (C=O) groups is 2. The van der Waals surface area contributed by atoms with Crippen LogP contribution in [-0.2, 0) is 14.3 Å². The van der Waals surface area contributed by atoms with E-state index in [1.165, 1.54) is 0 Å². The van der Waals surface area contributed by atoms with Crippen molar-refractivity contribution in [3.63, 3.8) is 0 Å². The molecule has 1 amide bonds. The number of benzene rings is 1. The SMILES string of the molecule is CC(C)(S)[C@H](N)C(=O)N[C@H](C(=O)OCC#N)c1ccccc1. The Morgan fingerprint density at radius 2 is 2.00 bits per heavy atom. The van der Waals surface area contributed by atoms with E-state index in [2.05, 4.69) is 17.9 Å². The maximum absolute atomic E-state index is 12.2. The molecule has 0 aliphatic heterocycles. The summed E-state index contributed by atoms with van der Waals surface area (Å²) >= 11 is 4.26. The molecule has 0 fully saturated rings. The molecule has 0 aliphatic carbocycles. The summed E-state index contributed by atoms with van der Waals surface area (Å²) in [6.07, 6.45) is 0. The molecule has 0 spiro atoms. The summed E-state index contributed by atoms with van der Waals surface area (Å²) < 4.78 is 4.05. The summed E-state index contributed by atoms with van der Waals surface area (Å²) in [5, 5.41) is 11.1. The molecule has 1 aromatic carbocycles. The second-order valence-electron chi connectivity index (χ2n) is 5.25. The van der Waals surface area contributed by atoms with Gasteiger partial charge in [0.15, 0.2) is 12.6 Å². The van der Waals surface area contributed by atoms with Crippen LogP contribution < -0.4 is 11.1 Å². The molecule has 0 unspecified atom stereocenters. The first-order valence-corrected chi connectivity index (χ1v) is 7.09. The molecular weight excluding hydrogens is 302 g/mol. The van der Waals surface area contributed by atoms with Gasteiger partial charge in [0.2, 0.25) is 5.91 Å². The van der Waals surface area contributed by atoms with Gasteiger partial charge < -0.3 is 15.8 Å². The van der Waals surface area contributed by atoms with Crippen LogP contribution in [0, 0.1) is 11.3 Å². The van der Waals surface area contributed by atoms with Crippen LogP contribution in [0.1, 0.15) is 25.5 Å². The quantitative estimate of drug-likeness (QED) is 0.534. The van der Waals surface area contributed by atoms with Crippen molar-refractivity contribution in [2.24, 2.45) is 5.73 Å². The molecule has 0 heterocycles. The zero-order valence-corrected chi connectivity index (χ0v) is 13.3. The molecule has 118 valence electrons. The van der Waals surface area contributed by atoms with Gasteiger partial charge in [0.25, 0.3) is 0 Å². The molecule has 0 aromatic heterocycles. The predicted molar refractivity (Wildman–Crippen MR) is 84.9 cm³/mol. The molecule has 2 atom stereocenters. The smallest absolute Gasteiger partial charge is 0.334 e. The van der Waals surface area contributed by atoms with Crippen molar-refractivity contribution < 1.29 is 14.3 Å². The maximum Gasteiger partial charge on any atom is 0.334 e. The number of ether oxygens (including phenoxy) is 1. The van der Waals surface area contributed by atoms with Crippen molar-refractivity contribution in [1.82, 2.24) is 5.32 Å². The Morgan fingerprint density at radius 1 is 1.41 bits per heavy atom. The van der Waals surface area contributed by atoms with Crippen molar-refractivity contribution in [3.05, 3.63) is 35.9 Å². The van der Waals surface area contributed by atoms with Crippen LogP contribution in [0.3, 0.4) is 0 Å². The number of nitrogens with zero attached hydrogens (tertiary/aromatic N) is 1. The lowest BCUT2D eigenvalue weighted by Crippen LogP contribution is -2.52. The second-order valence-corrected chi connectivity index (χ2v) is 6.40. The minimum Gasteiger partial charge on any atom is -0.448 e. The number of hydrogen-bond acceptors (Lipinski definition) is 6. The lowest BCUT2D eigenvalue weighted by atomic mass is 10.0. The number of amides is 1. The number of carbonyl (C=O) groups excluding carboxylic acids is 2. The highest BCUT2D eigenvalue weighted by Crippen LogP contribution is 2.19. The van der Waals surface area contributed by atoms with E-state index in [-0.39, 0.29) is 6.61 Å². The monoisotopic (exact) mass is 321 g/mol. The van der Waals surface area contributed by atoms with E-state index in [4.69, 9.17) is 15.7 Å². The third-order valence-corrected chi connectivity index (χ3v) is 3.26. The van der Waals surface area contributed by atoms with Gasteiger partial charge in [0.05, 0.1) is 6.04 Å². The molecule has 1 rings (SSSR count). The van der Waals surface area contributed by atoms with Crippen molar-refractivity contribution in [1.29, 1.82) is 5.26 Å². The fourth-order valence-corrected chi connectivity index (χ4v) is 1.78. The first kappa shape index (κ1) is 18.0. The zero-order chi connectivity index (χ0) is 16.8. The normalized spacial score (nSPS) is 13.6. The minimum atomic E-state index is -1.02. The van der Waals surface area contributed by atoms with Gasteiger partial charge in [0.1, 0.15) is 6.07 Å². The summed E-state index contributed by atoms with van der Waals surface area (Å²) in [5.74, 6) is -1.24. The second kappa shape index (κ2) is 7.82. The number of rotatable bonds is 6. The number of nitrogens with one attached hydrogen (secondary N) is 1. The van der Waals surface area contributed by atoms with Crippen LogP contribution in [0.2, 0.25) is 0 Å². The minimum absolute atomic E-state index is 0.387. The van der Waals surface area contributed by atoms with E-state index in [1.54, 1.807) is 50.2 Å². The van der Waals surface area contributed by atoms with Crippen LogP contribution in [0.5, 0.6) is 0 Å². The van der Waals surface area contributed by atoms with Gasteiger partial charge in [0, 0.05) is 4.75 Å². The molecule has 0 saturated carbocycles. The van der Waals surface area contributed by atoms with Gasteiger partial charge in [-0.25, -0.2) is 4.79 Å². The van der Waals surface area contributed by atoms with Crippen molar-refractivity contribution >= 4 is 24.5 Å². The Morgan fingerprint density at radius 3 is 2.50 bits per heavy atom.